The molecule has 3 rings (SSSR count). The maximum atomic E-state index is 12.8. The first kappa shape index (κ1) is 23.6. The largest absolute Gasteiger partial charge is 0.416 e. The van der Waals surface area contributed by atoms with Crippen molar-refractivity contribution in [1.29, 1.82) is 0 Å². The van der Waals surface area contributed by atoms with E-state index >= 15 is 0 Å². The Morgan fingerprint density at radius 3 is 2.41 bits per heavy atom. The van der Waals surface area contributed by atoms with Gasteiger partial charge in [-0.2, -0.15) is 13.2 Å². The van der Waals surface area contributed by atoms with Gasteiger partial charge in [-0.05, 0) is 54.4 Å². The third kappa shape index (κ3) is 5.60. The van der Waals surface area contributed by atoms with Crippen LogP contribution in [-0.2, 0) is 22.7 Å². The normalized spacial score (nSPS) is 11.8. The summed E-state index contributed by atoms with van der Waals surface area (Å²) in [5.41, 5.74) is 0.472. The average molecular weight is 483 g/mol. The van der Waals surface area contributed by atoms with E-state index in [0.717, 1.165) is 18.2 Å². The molecule has 2 N–H and O–H groups in total. The molecule has 0 saturated heterocycles. The third-order valence-corrected chi connectivity index (χ3v) is 6.43. The van der Waals surface area contributed by atoms with Crippen LogP contribution < -0.4 is 10.0 Å². The predicted octanol–water partition coefficient (Wildman–Crippen LogP) is 5.40. The third-order valence-electron chi connectivity index (χ3n) is 4.58. The predicted molar refractivity (Wildman–Crippen MR) is 116 cm³/mol. The van der Waals surface area contributed by atoms with Gasteiger partial charge in [-0.3, -0.25) is 9.52 Å². The Balaban J connectivity index is 1.79. The zero-order valence-corrected chi connectivity index (χ0v) is 18.3. The number of carbonyl (C=O) groups is 1. The number of sulfonamides is 1. The van der Waals surface area contributed by atoms with Gasteiger partial charge in [0.2, 0.25) is 0 Å². The van der Waals surface area contributed by atoms with Crippen LogP contribution in [0, 0.1) is 6.92 Å². The van der Waals surface area contributed by atoms with Gasteiger partial charge in [-0.1, -0.05) is 41.9 Å². The number of alkyl halides is 3. The van der Waals surface area contributed by atoms with Gasteiger partial charge in [0.1, 0.15) is 4.90 Å². The Labute approximate surface area is 188 Å². The summed E-state index contributed by atoms with van der Waals surface area (Å²) in [6.07, 6.45) is -4.50. The van der Waals surface area contributed by atoms with Crippen molar-refractivity contribution in [3.63, 3.8) is 0 Å². The first-order chi connectivity index (χ1) is 15.0. The van der Waals surface area contributed by atoms with Gasteiger partial charge in [0.25, 0.3) is 15.9 Å². The molecular formula is C22H18ClF3N2O3S. The second kappa shape index (κ2) is 9.22. The second-order valence-electron chi connectivity index (χ2n) is 6.95. The number of hydrogen-bond donors (Lipinski definition) is 2. The van der Waals surface area contributed by atoms with Crippen molar-refractivity contribution < 1.29 is 26.4 Å². The van der Waals surface area contributed by atoms with E-state index in [1.54, 1.807) is 31.2 Å². The SMILES string of the molecule is Cc1ccccc1NS(=O)(=O)c1cc(C(=O)NCc2cccc(C(F)(F)F)c2)ccc1Cl. The highest BCUT2D eigenvalue weighted by Gasteiger charge is 2.30. The summed E-state index contributed by atoms with van der Waals surface area (Å²) >= 11 is 6.07. The van der Waals surface area contributed by atoms with Crippen LogP contribution in [0.4, 0.5) is 18.9 Å². The van der Waals surface area contributed by atoms with Crippen LogP contribution in [0.2, 0.25) is 5.02 Å². The fourth-order valence-electron chi connectivity index (χ4n) is 2.88. The van der Waals surface area contributed by atoms with Gasteiger partial charge in [0.05, 0.1) is 16.3 Å². The van der Waals surface area contributed by atoms with E-state index in [1.807, 2.05) is 0 Å². The van der Waals surface area contributed by atoms with Gasteiger partial charge >= 0.3 is 6.18 Å². The van der Waals surface area contributed by atoms with Crippen LogP contribution in [0.25, 0.3) is 0 Å². The molecule has 0 radical (unpaired) electrons. The smallest absolute Gasteiger partial charge is 0.348 e. The van der Waals surface area contributed by atoms with Gasteiger partial charge < -0.3 is 5.32 Å². The number of hydrogen-bond acceptors (Lipinski definition) is 3. The summed E-state index contributed by atoms with van der Waals surface area (Å²) in [6, 6.07) is 15.0. The van der Waals surface area contributed by atoms with Crippen LogP contribution in [0.1, 0.15) is 27.0 Å². The molecule has 32 heavy (non-hydrogen) atoms. The number of aryl methyl sites for hydroxylation is 1. The molecule has 0 aliphatic carbocycles. The van der Waals surface area contributed by atoms with Crippen LogP contribution in [0.5, 0.6) is 0 Å². The lowest BCUT2D eigenvalue weighted by Crippen LogP contribution is -2.23. The minimum Gasteiger partial charge on any atom is -0.348 e. The highest BCUT2D eigenvalue weighted by atomic mass is 35.5. The van der Waals surface area contributed by atoms with Crippen molar-refractivity contribution in [2.45, 2.75) is 24.5 Å². The molecule has 0 aliphatic rings. The van der Waals surface area contributed by atoms with Gasteiger partial charge in [-0.15, -0.1) is 0 Å². The molecule has 5 nitrogen and oxygen atoms in total. The summed E-state index contributed by atoms with van der Waals surface area (Å²) < 4.78 is 66.6. The van der Waals surface area contributed by atoms with Crippen molar-refractivity contribution in [1.82, 2.24) is 5.32 Å². The van der Waals surface area contributed by atoms with E-state index in [1.165, 1.54) is 24.3 Å². The molecular weight excluding hydrogens is 465 g/mol. The summed E-state index contributed by atoms with van der Waals surface area (Å²) in [4.78, 5) is 12.2. The molecule has 0 bridgehead atoms. The van der Waals surface area contributed by atoms with Crippen molar-refractivity contribution in [3.8, 4) is 0 Å². The van der Waals surface area contributed by atoms with Gasteiger partial charge in [0.15, 0.2) is 0 Å². The Morgan fingerprint density at radius 2 is 1.72 bits per heavy atom. The van der Waals surface area contributed by atoms with Crippen molar-refractivity contribution in [2.75, 3.05) is 4.72 Å². The number of para-hydroxylation sites is 1. The molecule has 0 aromatic heterocycles. The fraction of sp³-hybridized carbons (Fsp3) is 0.136. The monoisotopic (exact) mass is 482 g/mol. The Bertz CT molecular complexity index is 1260. The summed E-state index contributed by atoms with van der Waals surface area (Å²) in [6.45, 7) is 1.56. The quantitative estimate of drug-likeness (QED) is 0.494. The number of amides is 1. The molecule has 168 valence electrons. The number of anilines is 1. The zero-order valence-electron chi connectivity index (χ0n) is 16.7. The van der Waals surface area contributed by atoms with Crippen LogP contribution in [-0.4, -0.2) is 14.3 Å². The topological polar surface area (TPSA) is 75.3 Å². The van der Waals surface area contributed by atoms with E-state index in [4.69, 9.17) is 11.6 Å². The maximum absolute atomic E-state index is 12.8. The number of rotatable bonds is 6. The molecule has 0 heterocycles. The van der Waals surface area contributed by atoms with E-state index in [-0.39, 0.29) is 27.6 Å². The zero-order chi connectivity index (χ0) is 23.5. The fourth-order valence-corrected chi connectivity index (χ4v) is 4.54. The Hall–Kier alpha value is -3.04. The first-order valence-corrected chi connectivity index (χ1v) is 11.2. The molecule has 3 aromatic carbocycles. The summed E-state index contributed by atoms with van der Waals surface area (Å²) in [5.74, 6) is -0.661. The minimum absolute atomic E-state index is 0.00784. The number of carbonyl (C=O) groups excluding carboxylic acids is 1. The lowest BCUT2D eigenvalue weighted by Gasteiger charge is -2.13. The molecule has 0 atom stereocenters. The molecule has 3 aromatic rings. The standard InChI is InChI=1S/C22H18ClF3N2O3S/c1-14-5-2-3-8-19(14)28-32(30,31)20-12-16(9-10-18(20)23)21(29)27-13-15-6-4-7-17(11-15)22(24,25)26/h2-12,28H,13H2,1H3,(H,27,29). The molecule has 0 unspecified atom stereocenters. The molecule has 0 spiro atoms. The van der Waals surface area contributed by atoms with Crippen molar-refractivity contribution in [2.24, 2.45) is 0 Å². The van der Waals surface area contributed by atoms with E-state index in [2.05, 4.69) is 10.0 Å². The van der Waals surface area contributed by atoms with Gasteiger partial charge in [-0.25, -0.2) is 8.42 Å². The molecule has 1 amide bonds. The van der Waals surface area contributed by atoms with Crippen molar-refractivity contribution in [3.05, 3.63) is 94.0 Å². The average Bonchev–Trinajstić information content (AvgIpc) is 2.73. The van der Waals surface area contributed by atoms with Gasteiger partial charge in [0, 0.05) is 12.1 Å². The van der Waals surface area contributed by atoms with E-state index in [0.29, 0.717) is 11.3 Å². The molecule has 0 saturated carbocycles. The highest BCUT2D eigenvalue weighted by Crippen LogP contribution is 2.30. The number of benzene rings is 3. The van der Waals surface area contributed by atoms with E-state index in [9.17, 15) is 26.4 Å². The Morgan fingerprint density at radius 1 is 1.00 bits per heavy atom. The van der Waals surface area contributed by atoms with Crippen LogP contribution in [0.3, 0.4) is 0 Å². The van der Waals surface area contributed by atoms with Crippen LogP contribution >= 0.6 is 11.6 Å². The summed E-state index contributed by atoms with van der Waals surface area (Å²) in [5, 5.41) is 2.40. The number of halogens is 4. The Kier molecular flexibility index (Phi) is 6.80. The maximum Gasteiger partial charge on any atom is 0.416 e. The van der Waals surface area contributed by atoms with Crippen LogP contribution in [0.15, 0.2) is 71.6 Å². The lowest BCUT2D eigenvalue weighted by atomic mass is 10.1. The lowest BCUT2D eigenvalue weighted by molar-refractivity contribution is -0.137. The second-order valence-corrected chi connectivity index (χ2v) is 9.00. The molecule has 10 heteroatoms. The molecule has 0 aliphatic heterocycles. The number of nitrogens with one attached hydrogen (secondary N) is 2. The summed E-state index contributed by atoms with van der Waals surface area (Å²) in [7, 11) is -4.10. The molecule has 0 fully saturated rings. The minimum atomic E-state index is -4.50. The first-order valence-electron chi connectivity index (χ1n) is 9.30. The highest BCUT2D eigenvalue weighted by molar-refractivity contribution is 7.92. The van der Waals surface area contributed by atoms with E-state index < -0.39 is 27.7 Å². The van der Waals surface area contributed by atoms with Crippen molar-refractivity contribution >= 4 is 33.2 Å².